The van der Waals surface area contributed by atoms with Crippen molar-refractivity contribution < 1.29 is 9.53 Å². The summed E-state index contributed by atoms with van der Waals surface area (Å²) in [5.74, 6) is 1.25. The summed E-state index contributed by atoms with van der Waals surface area (Å²) in [6.45, 7) is 3.74. The van der Waals surface area contributed by atoms with Crippen LogP contribution in [0, 0.1) is 5.92 Å². The van der Waals surface area contributed by atoms with Gasteiger partial charge in [-0.15, -0.1) is 0 Å². The van der Waals surface area contributed by atoms with E-state index in [2.05, 4.69) is 13.0 Å². The summed E-state index contributed by atoms with van der Waals surface area (Å²) in [6, 6.07) is 0. The smallest absolute Gasteiger partial charge is 0.307 e. The average molecular weight is 280 g/mol. The summed E-state index contributed by atoms with van der Waals surface area (Å²) in [5.41, 5.74) is 0. The zero-order chi connectivity index (χ0) is 14.6. The van der Waals surface area contributed by atoms with Crippen LogP contribution >= 0.6 is 0 Å². The zero-order valence-corrected chi connectivity index (χ0v) is 13.5. The summed E-state index contributed by atoms with van der Waals surface area (Å²) in [5, 5.41) is 0. The summed E-state index contributed by atoms with van der Waals surface area (Å²) in [4.78, 5) is 11.2. The molecule has 1 unspecified atom stereocenters. The van der Waals surface area contributed by atoms with Crippen LogP contribution in [0.5, 0.6) is 0 Å². The van der Waals surface area contributed by atoms with Crippen LogP contribution in [-0.2, 0) is 9.53 Å². The molecule has 1 aliphatic carbocycles. The van der Waals surface area contributed by atoms with Crippen LogP contribution in [0.2, 0.25) is 0 Å². The van der Waals surface area contributed by atoms with Crippen molar-refractivity contribution in [2.75, 3.05) is 0 Å². The quantitative estimate of drug-likeness (QED) is 0.570. The molecule has 0 radical (unpaired) electrons. The Morgan fingerprint density at radius 3 is 2.00 bits per heavy atom. The molecule has 0 saturated heterocycles. The van der Waals surface area contributed by atoms with Gasteiger partial charge in [-0.2, -0.15) is 0 Å². The first kappa shape index (κ1) is 17.3. The molecular weight excluding hydrogens is 248 g/mol. The molecule has 0 fully saturated rings. The highest BCUT2D eigenvalue weighted by Gasteiger charge is 2.07. The number of rotatable bonds is 1. The second kappa shape index (κ2) is 10.9. The van der Waals surface area contributed by atoms with Gasteiger partial charge in [-0.3, -0.25) is 4.79 Å². The van der Waals surface area contributed by atoms with Crippen molar-refractivity contribution >= 4 is 5.97 Å². The lowest BCUT2D eigenvalue weighted by Gasteiger charge is -2.11. The zero-order valence-electron chi connectivity index (χ0n) is 13.5. The lowest BCUT2D eigenvalue weighted by atomic mass is 10.0. The maximum Gasteiger partial charge on any atom is 0.307 e. The van der Waals surface area contributed by atoms with Gasteiger partial charge in [0.2, 0.25) is 0 Å². The Kier molecular flexibility index (Phi) is 9.44. The Hall–Kier alpha value is -0.790. The molecule has 2 nitrogen and oxygen atoms in total. The van der Waals surface area contributed by atoms with Gasteiger partial charge in [0.15, 0.2) is 0 Å². The number of ether oxygens (including phenoxy) is 1. The molecular formula is C18H32O2. The van der Waals surface area contributed by atoms with Gasteiger partial charge in [0.25, 0.3) is 0 Å². The monoisotopic (exact) mass is 280 g/mol. The Balaban J connectivity index is 2.49. The highest BCUT2D eigenvalue weighted by atomic mass is 16.5. The fourth-order valence-corrected chi connectivity index (χ4v) is 2.93. The maximum atomic E-state index is 11.2. The third-order valence-corrected chi connectivity index (χ3v) is 4.08. The lowest BCUT2D eigenvalue weighted by Crippen LogP contribution is -2.02. The van der Waals surface area contributed by atoms with Crippen LogP contribution in [0.25, 0.3) is 0 Å². The first-order valence-corrected chi connectivity index (χ1v) is 8.57. The van der Waals surface area contributed by atoms with E-state index in [1.54, 1.807) is 0 Å². The minimum Gasteiger partial charge on any atom is -0.432 e. The van der Waals surface area contributed by atoms with Crippen LogP contribution in [0.15, 0.2) is 11.8 Å². The molecule has 2 heteroatoms. The molecule has 116 valence electrons. The van der Waals surface area contributed by atoms with Gasteiger partial charge in [-0.1, -0.05) is 64.7 Å². The van der Waals surface area contributed by atoms with Gasteiger partial charge in [-0.25, -0.2) is 0 Å². The molecule has 1 rings (SSSR count). The van der Waals surface area contributed by atoms with E-state index >= 15 is 0 Å². The molecule has 1 atom stereocenters. The molecule has 0 aromatic rings. The molecule has 0 N–H and O–H groups in total. The second-order valence-corrected chi connectivity index (χ2v) is 6.28. The molecule has 0 aromatic carbocycles. The Morgan fingerprint density at radius 2 is 1.45 bits per heavy atom. The second-order valence-electron chi connectivity index (χ2n) is 6.28. The highest BCUT2D eigenvalue weighted by molar-refractivity contribution is 5.67. The fraction of sp³-hybridized carbons (Fsp3) is 0.833. The number of carbonyl (C=O) groups is 1. The van der Waals surface area contributed by atoms with Gasteiger partial charge >= 0.3 is 5.97 Å². The molecule has 20 heavy (non-hydrogen) atoms. The van der Waals surface area contributed by atoms with E-state index < -0.39 is 0 Å². The number of hydrogen-bond donors (Lipinski definition) is 0. The van der Waals surface area contributed by atoms with E-state index in [1.807, 2.05) is 0 Å². The fourth-order valence-electron chi connectivity index (χ4n) is 2.93. The van der Waals surface area contributed by atoms with Crippen molar-refractivity contribution in [1.82, 2.24) is 0 Å². The average Bonchev–Trinajstić information content (AvgIpc) is 2.39. The first-order valence-electron chi connectivity index (χ1n) is 8.57. The number of esters is 1. The van der Waals surface area contributed by atoms with Crippen molar-refractivity contribution in [1.29, 1.82) is 0 Å². The maximum absolute atomic E-state index is 11.2. The van der Waals surface area contributed by atoms with Crippen LogP contribution in [-0.4, -0.2) is 5.97 Å². The van der Waals surface area contributed by atoms with E-state index in [0.717, 1.165) is 18.6 Å². The minimum absolute atomic E-state index is 0.179. The third kappa shape index (κ3) is 9.17. The normalized spacial score (nSPS) is 26.7. The van der Waals surface area contributed by atoms with Crippen molar-refractivity contribution in [3.8, 4) is 0 Å². The first-order chi connectivity index (χ1) is 9.68. The van der Waals surface area contributed by atoms with Gasteiger partial charge in [0, 0.05) is 13.3 Å². The Morgan fingerprint density at radius 1 is 0.950 bits per heavy atom. The van der Waals surface area contributed by atoms with Crippen molar-refractivity contribution in [2.45, 2.75) is 90.9 Å². The molecule has 1 aliphatic rings. The molecule has 0 amide bonds. The summed E-state index contributed by atoms with van der Waals surface area (Å²) >= 11 is 0. The topological polar surface area (TPSA) is 26.3 Å². The molecule has 0 heterocycles. The lowest BCUT2D eigenvalue weighted by molar-refractivity contribution is -0.137. The highest BCUT2D eigenvalue weighted by Crippen LogP contribution is 2.20. The molecule has 0 spiro atoms. The van der Waals surface area contributed by atoms with Crippen LogP contribution < -0.4 is 0 Å². The number of carbonyl (C=O) groups excluding carboxylic acids is 1. The standard InChI is InChI=1S/C18H32O2/c1-16-13-11-9-7-5-3-4-6-8-10-12-14-18(15-16)20-17(2)19/h15-16H,3-14H2,1-2H3/b18-15-. The van der Waals surface area contributed by atoms with Crippen LogP contribution in [0.1, 0.15) is 90.9 Å². The molecule has 0 aromatic heterocycles. The van der Waals surface area contributed by atoms with Gasteiger partial charge in [0.05, 0.1) is 0 Å². The van der Waals surface area contributed by atoms with E-state index in [9.17, 15) is 4.79 Å². The largest absolute Gasteiger partial charge is 0.432 e. The predicted octanol–water partition coefficient (Wildman–Crippen LogP) is 5.76. The van der Waals surface area contributed by atoms with Gasteiger partial charge in [-0.05, 0) is 24.8 Å². The summed E-state index contributed by atoms with van der Waals surface area (Å²) in [6.07, 6.45) is 17.6. The Bertz CT molecular complexity index is 294. The summed E-state index contributed by atoms with van der Waals surface area (Å²) in [7, 11) is 0. The molecule has 0 bridgehead atoms. The molecule has 0 saturated carbocycles. The third-order valence-electron chi connectivity index (χ3n) is 4.08. The Labute approximate surface area is 125 Å². The van der Waals surface area contributed by atoms with Crippen LogP contribution in [0.4, 0.5) is 0 Å². The van der Waals surface area contributed by atoms with Gasteiger partial charge in [0.1, 0.15) is 5.76 Å². The SMILES string of the molecule is CC(=O)O/C1=C\C(C)CCCCCCCCCCCC1. The predicted molar refractivity (Wildman–Crippen MR) is 84.4 cm³/mol. The number of allylic oxidation sites excluding steroid dienone is 2. The van der Waals surface area contributed by atoms with Gasteiger partial charge < -0.3 is 4.74 Å². The minimum atomic E-state index is -0.179. The van der Waals surface area contributed by atoms with E-state index in [-0.39, 0.29) is 5.97 Å². The summed E-state index contributed by atoms with van der Waals surface area (Å²) < 4.78 is 5.37. The van der Waals surface area contributed by atoms with Crippen molar-refractivity contribution in [2.24, 2.45) is 5.92 Å². The van der Waals surface area contributed by atoms with E-state index in [0.29, 0.717) is 5.92 Å². The van der Waals surface area contributed by atoms with E-state index in [1.165, 1.54) is 71.1 Å². The van der Waals surface area contributed by atoms with Crippen LogP contribution in [0.3, 0.4) is 0 Å². The van der Waals surface area contributed by atoms with Crippen molar-refractivity contribution in [3.63, 3.8) is 0 Å². The van der Waals surface area contributed by atoms with Crippen molar-refractivity contribution in [3.05, 3.63) is 11.8 Å². The van der Waals surface area contributed by atoms with E-state index in [4.69, 9.17) is 4.74 Å². The number of hydrogen-bond acceptors (Lipinski definition) is 2. The molecule has 0 aliphatic heterocycles.